The lowest BCUT2D eigenvalue weighted by atomic mass is 10.2. The predicted molar refractivity (Wildman–Crippen MR) is 113 cm³/mol. The van der Waals surface area contributed by atoms with Crippen LogP contribution in [0.4, 0.5) is 5.82 Å². The molecule has 0 aliphatic carbocycles. The number of hydrogen-bond donors (Lipinski definition) is 1. The zero-order valence-corrected chi connectivity index (χ0v) is 17.1. The van der Waals surface area contributed by atoms with Gasteiger partial charge in [0.05, 0.1) is 0 Å². The van der Waals surface area contributed by atoms with Gasteiger partial charge in [-0.2, -0.15) is 0 Å². The molecule has 2 aromatic rings. The van der Waals surface area contributed by atoms with Crippen molar-refractivity contribution in [2.45, 2.75) is 6.92 Å². The van der Waals surface area contributed by atoms with E-state index >= 15 is 0 Å². The van der Waals surface area contributed by atoms with E-state index in [0.717, 1.165) is 51.4 Å². The molecule has 28 heavy (non-hydrogen) atoms. The molecule has 2 heterocycles. The average Bonchev–Trinajstić information content (AvgIpc) is 2.73. The molecular formula is C21H30N6O. The van der Waals surface area contributed by atoms with E-state index in [4.69, 9.17) is 0 Å². The van der Waals surface area contributed by atoms with Crippen LogP contribution in [0.15, 0.2) is 36.4 Å². The molecule has 150 valence electrons. The third-order valence-electron chi connectivity index (χ3n) is 4.95. The maximum atomic E-state index is 13.1. The van der Waals surface area contributed by atoms with Crippen molar-refractivity contribution in [1.82, 2.24) is 24.7 Å². The smallest absolute Gasteiger partial charge is 0.272 e. The molecule has 0 spiro atoms. The van der Waals surface area contributed by atoms with Gasteiger partial charge in [-0.15, -0.1) is 0 Å². The number of carbonyl (C=O) groups is 1. The van der Waals surface area contributed by atoms with Gasteiger partial charge in [-0.3, -0.25) is 4.79 Å². The van der Waals surface area contributed by atoms with Gasteiger partial charge in [0, 0.05) is 50.9 Å². The number of rotatable bonds is 7. The molecule has 1 aliphatic rings. The molecule has 1 N–H and O–H groups in total. The van der Waals surface area contributed by atoms with Crippen molar-refractivity contribution in [2.75, 3.05) is 65.2 Å². The van der Waals surface area contributed by atoms with Crippen LogP contribution < -0.4 is 5.32 Å². The summed E-state index contributed by atoms with van der Waals surface area (Å²) in [5, 5.41) is 3.33. The van der Waals surface area contributed by atoms with Gasteiger partial charge in [0.1, 0.15) is 11.5 Å². The average molecular weight is 383 g/mol. The minimum Gasteiger partial charge on any atom is -0.369 e. The number of hydrogen-bond acceptors (Lipinski definition) is 6. The summed E-state index contributed by atoms with van der Waals surface area (Å²) in [5.41, 5.74) is 1.36. The van der Waals surface area contributed by atoms with Gasteiger partial charge in [-0.05, 0) is 20.6 Å². The highest BCUT2D eigenvalue weighted by Gasteiger charge is 2.23. The number of aromatic nitrogens is 2. The van der Waals surface area contributed by atoms with Crippen LogP contribution in [0.5, 0.6) is 0 Å². The Hall–Kier alpha value is -2.51. The number of piperazine rings is 1. The van der Waals surface area contributed by atoms with Gasteiger partial charge in [0.25, 0.3) is 5.91 Å². The molecule has 1 aromatic carbocycles. The van der Waals surface area contributed by atoms with Gasteiger partial charge in [0.15, 0.2) is 5.82 Å². The summed E-state index contributed by atoms with van der Waals surface area (Å²) in [4.78, 5) is 28.7. The summed E-state index contributed by atoms with van der Waals surface area (Å²) >= 11 is 0. The fourth-order valence-corrected chi connectivity index (χ4v) is 3.20. The summed E-state index contributed by atoms with van der Waals surface area (Å²) in [7, 11) is 4.06. The normalized spacial score (nSPS) is 15.1. The molecule has 7 heteroatoms. The molecule has 7 nitrogen and oxygen atoms in total. The molecule has 0 atom stereocenters. The molecule has 0 radical (unpaired) electrons. The highest BCUT2D eigenvalue weighted by molar-refractivity contribution is 5.93. The van der Waals surface area contributed by atoms with Crippen LogP contribution in [0.2, 0.25) is 0 Å². The van der Waals surface area contributed by atoms with Gasteiger partial charge >= 0.3 is 0 Å². The van der Waals surface area contributed by atoms with Crippen LogP contribution in [0.1, 0.15) is 17.4 Å². The second kappa shape index (κ2) is 9.61. The third-order valence-corrected chi connectivity index (χ3v) is 4.95. The lowest BCUT2D eigenvalue weighted by Crippen LogP contribution is -2.48. The molecule has 1 aromatic heterocycles. The summed E-state index contributed by atoms with van der Waals surface area (Å²) in [6, 6.07) is 11.6. The lowest BCUT2D eigenvalue weighted by molar-refractivity contribution is 0.0637. The zero-order valence-electron chi connectivity index (χ0n) is 17.1. The Morgan fingerprint density at radius 2 is 1.82 bits per heavy atom. The van der Waals surface area contributed by atoms with Crippen molar-refractivity contribution < 1.29 is 4.79 Å². The Morgan fingerprint density at radius 3 is 2.46 bits per heavy atom. The van der Waals surface area contributed by atoms with Crippen molar-refractivity contribution in [3.8, 4) is 11.4 Å². The van der Waals surface area contributed by atoms with Crippen molar-refractivity contribution in [2.24, 2.45) is 0 Å². The predicted octanol–water partition coefficient (Wildman–Crippen LogP) is 1.89. The first-order chi connectivity index (χ1) is 13.6. The van der Waals surface area contributed by atoms with Gasteiger partial charge < -0.3 is 20.0 Å². The molecule has 1 aliphatic heterocycles. The highest BCUT2D eigenvalue weighted by Crippen LogP contribution is 2.19. The minimum atomic E-state index is -0.0222. The Kier molecular flexibility index (Phi) is 6.95. The molecular weight excluding hydrogens is 352 g/mol. The number of anilines is 1. The Morgan fingerprint density at radius 1 is 1.11 bits per heavy atom. The SMILES string of the molecule is CCN1CCN(C(=O)c2cc(NCCN(C)C)nc(-c3ccccc3)n2)CC1. The first-order valence-corrected chi connectivity index (χ1v) is 9.91. The summed E-state index contributed by atoms with van der Waals surface area (Å²) < 4.78 is 0. The van der Waals surface area contributed by atoms with Gasteiger partial charge in [0.2, 0.25) is 0 Å². The maximum absolute atomic E-state index is 13.1. The standard InChI is InChI=1S/C21H30N6O/c1-4-26-12-14-27(15-13-26)21(28)18-16-19(22-10-11-25(2)3)24-20(23-18)17-8-6-5-7-9-17/h5-9,16H,4,10-15H2,1-3H3,(H,22,23,24). The van der Waals surface area contributed by atoms with E-state index < -0.39 is 0 Å². The van der Waals surface area contributed by atoms with Crippen molar-refractivity contribution >= 4 is 11.7 Å². The fourth-order valence-electron chi connectivity index (χ4n) is 3.20. The van der Waals surface area contributed by atoms with E-state index in [1.54, 1.807) is 6.07 Å². The van der Waals surface area contributed by atoms with Crippen LogP contribution in [0.3, 0.4) is 0 Å². The second-order valence-corrected chi connectivity index (χ2v) is 7.28. The second-order valence-electron chi connectivity index (χ2n) is 7.28. The molecule has 0 saturated carbocycles. The van der Waals surface area contributed by atoms with E-state index in [-0.39, 0.29) is 5.91 Å². The van der Waals surface area contributed by atoms with Crippen LogP contribution in [-0.4, -0.2) is 90.5 Å². The number of benzene rings is 1. The van der Waals surface area contributed by atoms with Gasteiger partial charge in [-0.25, -0.2) is 9.97 Å². The molecule has 1 saturated heterocycles. The number of carbonyl (C=O) groups excluding carboxylic acids is 1. The zero-order chi connectivity index (χ0) is 19.9. The Bertz CT molecular complexity index is 772. The molecule has 1 fully saturated rings. The summed E-state index contributed by atoms with van der Waals surface area (Å²) in [5.74, 6) is 1.24. The molecule has 0 unspecified atom stereocenters. The first-order valence-electron chi connectivity index (χ1n) is 9.91. The minimum absolute atomic E-state index is 0.0222. The Labute approximate surface area is 167 Å². The van der Waals surface area contributed by atoms with Crippen LogP contribution in [0.25, 0.3) is 11.4 Å². The van der Waals surface area contributed by atoms with E-state index in [1.165, 1.54) is 0 Å². The number of likely N-dealkylation sites (N-methyl/N-ethyl adjacent to an activating group) is 2. The topological polar surface area (TPSA) is 64.6 Å². The van der Waals surface area contributed by atoms with E-state index in [1.807, 2.05) is 49.3 Å². The first kappa shape index (κ1) is 20.2. The molecule has 1 amide bonds. The highest BCUT2D eigenvalue weighted by atomic mass is 16.2. The van der Waals surface area contributed by atoms with Crippen molar-refractivity contribution in [3.05, 3.63) is 42.1 Å². The monoisotopic (exact) mass is 382 g/mol. The van der Waals surface area contributed by atoms with Gasteiger partial charge in [-0.1, -0.05) is 37.3 Å². The van der Waals surface area contributed by atoms with Crippen LogP contribution in [-0.2, 0) is 0 Å². The molecule has 3 rings (SSSR count). The van der Waals surface area contributed by atoms with Crippen molar-refractivity contribution in [1.29, 1.82) is 0 Å². The van der Waals surface area contributed by atoms with E-state index in [2.05, 4.69) is 32.0 Å². The summed E-state index contributed by atoms with van der Waals surface area (Å²) in [6.45, 7) is 8.10. The van der Waals surface area contributed by atoms with Crippen molar-refractivity contribution in [3.63, 3.8) is 0 Å². The summed E-state index contributed by atoms with van der Waals surface area (Å²) in [6.07, 6.45) is 0. The van der Waals surface area contributed by atoms with E-state index in [9.17, 15) is 4.79 Å². The van der Waals surface area contributed by atoms with Crippen LogP contribution >= 0.6 is 0 Å². The lowest BCUT2D eigenvalue weighted by Gasteiger charge is -2.33. The van der Waals surface area contributed by atoms with Crippen LogP contribution in [0, 0.1) is 0 Å². The fraction of sp³-hybridized carbons (Fsp3) is 0.476. The van der Waals surface area contributed by atoms with E-state index in [0.29, 0.717) is 17.3 Å². The Balaban J connectivity index is 1.83. The molecule has 0 bridgehead atoms. The number of nitrogens with zero attached hydrogens (tertiary/aromatic N) is 5. The quantitative estimate of drug-likeness (QED) is 0.789. The third kappa shape index (κ3) is 5.27. The number of amides is 1. The maximum Gasteiger partial charge on any atom is 0.272 e. The largest absolute Gasteiger partial charge is 0.369 e. The number of nitrogens with one attached hydrogen (secondary N) is 1.